The molecule has 0 aromatic rings. The van der Waals surface area contributed by atoms with Crippen molar-refractivity contribution in [2.75, 3.05) is 13.2 Å². The Kier molecular flexibility index (Phi) is 2.25. The number of hydrogen-bond acceptors (Lipinski definition) is 2. The van der Waals surface area contributed by atoms with Gasteiger partial charge in [0.1, 0.15) is 0 Å². The van der Waals surface area contributed by atoms with Gasteiger partial charge in [-0.15, -0.1) is 0 Å². The summed E-state index contributed by atoms with van der Waals surface area (Å²) in [7, 11) is 0. The lowest BCUT2D eigenvalue weighted by Crippen LogP contribution is -2.07. The smallest absolute Gasteiger partial charge is 0.0645 e. The van der Waals surface area contributed by atoms with Crippen LogP contribution in [0.2, 0.25) is 0 Å². The topological polar surface area (TPSA) is 40.5 Å². The van der Waals surface area contributed by atoms with Crippen molar-refractivity contribution in [2.45, 2.75) is 12.8 Å². The third-order valence-corrected chi connectivity index (χ3v) is 1.85. The molecule has 9 heavy (non-hydrogen) atoms. The summed E-state index contributed by atoms with van der Waals surface area (Å²) in [6.07, 6.45) is 4.04. The van der Waals surface area contributed by atoms with E-state index in [1.54, 1.807) is 0 Å². The molecule has 2 N–H and O–H groups in total. The van der Waals surface area contributed by atoms with Crippen LogP contribution in [0, 0.1) is 5.92 Å². The van der Waals surface area contributed by atoms with Crippen LogP contribution in [0.5, 0.6) is 0 Å². The van der Waals surface area contributed by atoms with Gasteiger partial charge in [-0.3, -0.25) is 0 Å². The molecular weight excluding hydrogens is 116 g/mol. The van der Waals surface area contributed by atoms with Crippen LogP contribution < -0.4 is 0 Å². The molecule has 0 amide bonds. The molecule has 0 aromatic heterocycles. The lowest BCUT2D eigenvalue weighted by Gasteiger charge is -2.07. The Balaban J connectivity index is 2.47. The molecule has 1 atom stereocenters. The van der Waals surface area contributed by atoms with Crippen LogP contribution in [-0.2, 0) is 0 Å². The minimum atomic E-state index is 0.116. The summed E-state index contributed by atoms with van der Waals surface area (Å²) in [5, 5.41) is 17.4. The average Bonchev–Trinajstić information content (AvgIpc) is 2.33. The third kappa shape index (κ3) is 1.32. The number of hydrogen-bond donors (Lipinski definition) is 2. The molecule has 0 saturated carbocycles. The second-order valence-corrected chi connectivity index (χ2v) is 2.39. The van der Waals surface area contributed by atoms with Crippen LogP contribution in [0.15, 0.2) is 11.6 Å². The van der Waals surface area contributed by atoms with Gasteiger partial charge in [0.25, 0.3) is 0 Å². The van der Waals surface area contributed by atoms with E-state index in [0.29, 0.717) is 0 Å². The minimum absolute atomic E-state index is 0.116. The van der Waals surface area contributed by atoms with E-state index in [2.05, 4.69) is 0 Å². The molecule has 52 valence electrons. The van der Waals surface area contributed by atoms with Crippen LogP contribution in [0.4, 0.5) is 0 Å². The highest BCUT2D eigenvalue weighted by atomic mass is 16.3. The van der Waals surface area contributed by atoms with Gasteiger partial charge < -0.3 is 10.2 Å². The van der Waals surface area contributed by atoms with E-state index in [9.17, 15) is 0 Å². The molecule has 0 aliphatic heterocycles. The van der Waals surface area contributed by atoms with Crippen LogP contribution >= 0.6 is 0 Å². The number of rotatable bonds is 2. The summed E-state index contributed by atoms with van der Waals surface area (Å²) in [6.45, 7) is 0.303. The van der Waals surface area contributed by atoms with Gasteiger partial charge in [0.15, 0.2) is 0 Å². The van der Waals surface area contributed by atoms with E-state index >= 15 is 0 Å². The van der Waals surface area contributed by atoms with E-state index in [4.69, 9.17) is 10.2 Å². The maximum Gasteiger partial charge on any atom is 0.0645 e. The van der Waals surface area contributed by atoms with E-state index in [-0.39, 0.29) is 19.1 Å². The lowest BCUT2D eigenvalue weighted by molar-refractivity contribution is 0.228. The van der Waals surface area contributed by atoms with Crippen molar-refractivity contribution in [3.8, 4) is 0 Å². The SMILES string of the molecule is OCC1=CCCC1CO. The number of aliphatic hydroxyl groups is 2. The van der Waals surface area contributed by atoms with Gasteiger partial charge in [0.2, 0.25) is 0 Å². The van der Waals surface area contributed by atoms with Crippen molar-refractivity contribution in [2.24, 2.45) is 5.92 Å². The van der Waals surface area contributed by atoms with Crippen LogP contribution in [-0.4, -0.2) is 23.4 Å². The summed E-state index contributed by atoms with van der Waals surface area (Å²) in [6, 6.07) is 0. The molecule has 1 rings (SSSR count). The van der Waals surface area contributed by atoms with E-state index < -0.39 is 0 Å². The van der Waals surface area contributed by atoms with Gasteiger partial charge in [0.05, 0.1) is 6.61 Å². The van der Waals surface area contributed by atoms with E-state index in [0.717, 1.165) is 18.4 Å². The van der Waals surface area contributed by atoms with Crippen LogP contribution in [0.25, 0.3) is 0 Å². The standard InChI is InChI=1S/C7H12O2/c8-4-6-2-1-3-7(6)5-9/h2,7-9H,1,3-5H2. The Labute approximate surface area is 54.8 Å². The minimum Gasteiger partial charge on any atom is -0.396 e. The van der Waals surface area contributed by atoms with E-state index in [1.165, 1.54) is 0 Å². The molecule has 2 nitrogen and oxygen atoms in total. The lowest BCUT2D eigenvalue weighted by atomic mass is 10.0. The maximum atomic E-state index is 8.72. The fourth-order valence-electron chi connectivity index (χ4n) is 1.22. The Bertz CT molecular complexity index is 118. The molecular formula is C7H12O2. The first kappa shape index (κ1) is 6.78. The van der Waals surface area contributed by atoms with Gasteiger partial charge >= 0.3 is 0 Å². The largest absolute Gasteiger partial charge is 0.396 e. The van der Waals surface area contributed by atoms with Gasteiger partial charge in [0, 0.05) is 12.5 Å². The molecule has 1 aliphatic rings. The molecule has 0 aromatic carbocycles. The normalized spacial score (nSPS) is 26.4. The fraction of sp³-hybridized carbons (Fsp3) is 0.714. The van der Waals surface area contributed by atoms with Crippen molar-refractivity contribution in [1.82, 2.24) is 0 Å². The predicted octanol–water partition coefficient (Wildman–Crippen LogP) is 0.307. The highest BCUT2D eigenvalue weighted by Gasteiger charge is 2.16. The van der Waals surface area contributed by atoms with Crippen molar-refractivity contribution in [3.05, 3.63) is 11.6 Å². The highest BCUT2D eigenvalue weighted by Crippen LogP contribution is 2.23. The molecule has 0 bridgehead atoms. The monoisotopic (exact) mass is 128 g/mol. The quantitative estimate of drug-likeness (QED) is 0.525. The fourth-order valence-corrected chi connectivity index (χ4v) is 1.22. The van der Waals surface area contributed by atoms with E-state index in [1.807, 2.05) is 6.08 Å². The molecule has 0 fully saturated rings. The first-order valence-electron chi connectivity index (χ1n) is 3.29. The number of aliphatic hydroxyl groups excluding tert-OH is 2. The summed E-state index contributed by atoms with van der Waals surface area (Å²) >= 11 is 0. The Morgan fingerprint density at radius 3 is 2.78 bits per heavy atom. The summed E-state index contributed by atoms with van der Waals surface area (Å²) < 4.78 is 0. The van der Waals surface area contributed by atoms with Crippen molar-refractivity contribution in [3.63, 3.8) is 0 Å². The van der Waals surface area contributed by atoms with Crippen molar-refractivity contribution < 1.29 is 10.2 Å². The predicted molar refractivity (Wildman–Crippen MR) is 35.0 cm³/mol. The third-order valence-electron chi connectivity index (χ3n) is 1.85. The maximum absolute atomic E-state index is 8.72. The molecule has 0 heterocycles. The first-order valence-corrected chi connectivity index (χ1v) is 3.29. The zero-order chi connectivity index (χ0) is 6.69. The van der Waals surface area contributed by atoms with Crippen LogP contribution in [0.3, 0.4) is 0 Å². The molecule has 1 unspecified atom stereocenters. The zero-order valence-electron chi connectivity index (χ0n) is 5.38. The summed E-state index contributed by atoms with van der Waals surface area (Å²) in [5.74, 6) is 0.245. The number of allylic oxidation sites excluding steroid dienone is 1. The van der Waals surface area contributed by atoms with Gasteiger partial charge in [-0.2, -0.15) is 0 Å². The Morgan fingerprint density at radius 2 is 2.33 bits per heavy atom. The second kappa shape index (κ2) is 2.99. The second-order valence-electron chi connectivity index (χ2n) is 2.39. The van der Waals surface area contributed by atoms with Crippen LogP contribution in [0.1, 0.15) is 12.8 Å². The molecule has 0 radical (unpaired) electrons. The first-order chi connectivity index (χ1) is 4.38. The zero-order valence-corrected chi connectivity index (χ0v) is 5.38. The highest BCUT2D eigenvalue weighted by molar-refractivity contribution is 5.12. The summed E-state index contributed by atoms with van der Waals surface area (Å²) in [4.78, 5) is 0. The molecule has 2 heteroatoms. The summed E-state index contributed by atoms with van der Waals surface area (Å²) in [5.41, 5.74) is 1.01. The van der Waals surface area contributed by atoms with Crippen molar-refractivity contribution >= 4 is 0 Å². The molecule has 1 aliphatic carbocycles. The molecule has 0 spiro atoms. The van der Waals surface area contributed by atoms with Crippen molar-refractivity contribution in [1.29, 1.82) is 0 Å². The molecule has 0 saturated heterocycles. The van der Waals surface area contributed by atoms with Gasteiger partial charge in [-0.1, -0.05) is 6.08 Å². The average molecular weight is 128 g/mol. The Hall–Kier alpha value is -0.340. The Morgan fingerprint density at radius 1 is 1.56 bits per heavy atom. The van der Waals surface area contributed by atoms with Gasteiger partial charge in [-0.25, -0.2) is 0 Å². The van der Waals surface area contributed by atoms with Gasteiger partial charge in [-0.05, 0) is 18.4 Å².